The smallest absolute Gasteiger partial charge is 0.0474 e. The van der Waals surface area contributed by atoms with Gasteiger partial charge in [-0.25, -0.2) is 0 Å². The van der Waals surface area contributed by atoms with E-state index in [0.29, 0.717) is 0 Å². The van der Waals surface area contributed by atoms with Gasteiger partial charge in [-0.2, -0.15) is 0 Å². The first-order chi connectivity index (χ1) is 7.36. The highest BCUT2D eigenvalue weighted by Gasteiger charge is 2.19. The van der Waals surface area contributed by atoms with E-state index in [1.807, 2.05) is 0 Å². The van der Waals surface area contributed by atoms with E-state index in [4.69, 9.17) is 4.74 Å². The SMILES string of the molecule is CCC1CCCC(CNCCCOC)C1. The Morgan fingerprint density at radius 2 is 2.07 bits per heavy atom. The van der Waals surface area contributed by atoms with Crippen molar-refractivity contribution in [2.24, 2.45) is 11.8 Å². The molecule has 1 aliphatic carbocycles. The standard InChI is InChI=1S/C13H27NO/c1-3-12-6-4-7-13(10-12)11-14-8-5-9-15-2/h12-14H,3-11H2,1-2H3. The summed E-state index contributed by atoms with van der Waals surface area (Å²) in [6, 6.07) is 0. The van der Waals surface area contributed by atoms with Crippen molar-refractivity contribution in [3.63, 3.8) is 0 Å². The van der Waals surface area contributed by atoms with Gasteiger partial charge in [0.05, 0.1) is 0 Å². The van der Waals surface area contributed by atoms with E-state index in [0.717, 1.165) is 31.4 Å². The van der Waals surface area contributed by atoms with Crippen LogP contribution in [0.3, 0.4) is 0 Å². The van der Waals surface area contributed by atoms with Crippen molar-refractivity contribution in [3.05, 3.63) is 0 Å². The van der Waals surface area contributed by atoms with Crippen LogP contribution in [0, 0.1) is 11.8 Å². The monoisotopic (exact) mass is 213 g/mol. The molecule has 0 aromatic carbocycles. The number of ether oxygens (including phenoxy) is 1. The zero-order valence-corrected chi connectivity index (χ0v) is 10.4. The normalized spacial score (nSPS) is 26.8. The van der Waals surface area contributed by atoms with E-state index in [2.05, 4.69) is 12.2 Å². The van der Waals surface area contributed by atoms with Crippen molar-refractivity contribution < 1.29 is 4.74 Å². The van der Waals surface area contributed by atoms with E-state index in [1.165, 1.54) is 38.6 Å². The van der Waals surface area contributed by atoms with Crippen molar-refractivity contribution in [1.82, 2.24) is 5.32 Å². The lowest BCUT2D eigenvalue weighted by Gasteiger charge is -2.28. The molecule has 2 unspecified atom stereocenters. The Bertz CT molecular complexity index is 149. The van der Waals surface area contributed by atoms with Gasteiger partial charge in [0.1, 0.15) is 0 Å². The molecular formula is C13H27NO. The molecule has 1 aliphatic rings. The van der Waals surface area contributed by atoms with Crippen molar-refractivity contribution in [1.29, 1.82) is 0 Å². The van der Waals surface area contributed by atoms with Crippen LogP contribution in [0.1, 0.15) is 45.4 Å². The number of methoxy groups -OCH3 is 1. The number of nitrogens with one attached hydrogen (secondary N) is 1. The Morgan fingerprint density at radius 1 is 1.27 bits per heavy atom. The van der Waals surface area contributed by atoms with Gasteiger partial charge in [-0.15, -0.1) is 0 Å². The zero-order valence-electron chi connectivity index (χ0n) is 10.4. The number of hydrogen-bond acceptors (Lipinski definition) is 2. The molecule has 0 heterocycles. The second-order valence-corrected chi connectivity index (χ2v) is 4.86. The average molecular weight is 213 g/mol. The molecule has 0 amide bonds. The largest absolute Gasteiger partial charge is 0.385 e. The van der Waals surface area contributed by atoms with E-state index in [-0.39, 0.29) is 0 Å². The van der Waals surface area contributed by atoms with Gasteiger partial charge in [0.25, 0.3) is 0 Å². The molecule has 2 heteroatoms. The molecule has 90 valence electrons. The Labute approximate surface area is 94.8 Å². The van der Waals surface area contributed by atoms with Crippen LogP contribution in [0.4, 0.5) is 0 Å². The molecule has 15 heavy (non-hydrogen) atoms. The van der Waals surface area contributed by atoms with Crippen molar-refractivity contribution in [2.75, 3.05) is 26.8 Å². The highest BCUT2D eigenvalue weighted by Crippen LogP contribution is 2.30. The van der Waals surface area contributed by atoms with Crippen LogP contribution in [-0.2, 0) is 4.74 Å². The summed E-state index contributed by atoms with van der Waals surface area (Å²) in [4.78, 5) is 0. The molecule has 0 aromatic heterocycles. The van der Waals surface area contributed by atoms with Gasteiger partial charge in [-0.05, 0) is 44.2 Å². The summed E-state index contributed by atoms with van der Waals surface area (Å²) in [6.07, 6.45) is 8.32. The molecule has 1 saturated carbocycles. The predicted octanol–water partition coefficient (Wildman–Crippen LogP) is 2.83. The summed E-state index contributed by atoms with van der Waals surface area (Å²) in [5.74, 6) is 1.94. The highest BCUT2D eigenvalue weighted by molar-refractivity contribution is 4.73. The summed E-state index contributed by atoms with van der Waals surface area (Å²) in [5.41, 5.74) is 0. The fraction of sp³-hybridized carbons (Fsp3) is 1.00. The van der Waals surface area contributed by atoms with Crippen LogP contribution in [-0.4, -0.2) is 26.8 Å². The minimum atomic E-state index is 0.884. The fourth-order valence-electron chi connectivity index (χ4n) is 2.61. The van der Waals surface area contributed by atoms with Gasteiger partial charge in [-0.1, -0.05) is 26.2 Å². The van der Waals surface area contributed by atoms with Gasteiger partial charge in [0, 0.05) is 13.7 Å². The van der Waals surface area contributed by atoms with Crippen LogP contribution in [0.5, 0.6) is 0 Å². The first-order valence-corrected chi connectivity index (χ1v) is 6.56. The van der Waals surface area contributed by atoms with E-state index >= 15 is 0 Å². The zero-order chi connectivity index (χ0) is 10.9. The molecular weight excluding hydrogens is 186 g/mol. The van der Waals surface area contributed by atoms with Gasteiger partial charge in [0.2, 0.25) is 0 Å². The molecule has 1 N–H and O–H groups in total. The maximum absolute atomic E-state index is 5.03. The molecule has 0 spiro atoms. The van der Waals surface area contributed by atoms with Gasteiger partial charge in [-0.3, -0.25) is 0 Å². The Kier molecular flexibility index (Phi) is 7.03. The second kappa shape index (κ2) is 8.12. The maximum Gasteiger partial charge on any atom is 0.0474 e. The van der Waals surface area contributed by atoms with E-state index in [1.54, 1.807) is 7.11 Å². The minimum Gasteiger partial charge on any atom is -0.385 e. The number of hydrogen-bond donors (Lipinski definition) is 1. The third kappa shape index (κ3) is 5.53. The second-order valence-electron chi connectivity index (χ2n) is 4.86. The van der Waals surface area contributed by atoms with Crippen molar-refractivity contribution in [2.45, 2.75) is 45.4 Å². The Morgan fingerprint density at radius 3 is 2.80 bits per heavy atom. The minimum absolute atomic E-state index is 0.884. The van der Waals surface area contributed by atoms with Crippen LogP contribution >= 0.6 is 0 Å². The molecule has 2 nitrogen and oxygen atoms in total. The summed E-state index contributed by atoms with van der Waals surface area (Å²) in [5, 5.41) is 3.55. The Balaban J connectivity index is 2.00. The van der Waals surface area contributed by atoms with Crippen LogP contribution in [0.2, 0.25) is 0 Å². The fourth-order valence-corrected chi connectivity index (χ4v) is 2.61. The summed E-state index contributed by atoms with van der Waals surface area (Å²) >= 11 is 0. The number of rotatable bonds is 7. The summed E-state index contributed by atoms with van der Waals surface area (Å²) in [7, 11) is 1.77. The first-order valence-electron chi connectivity index (χ1n) is 6.56. The third-order valence-corrected chi connectivity index (χ3v) is 3.60. The van der Waals surface area contributed by atoms with Gasteiger partial charge < -0.3 is 10.1 Å². The van der Waals surface area contributed by atoms with Crippen LogP contribution in [0.25, 0.3) is 0 Å². The molecule has 0 aromatic rings. The lowest BCUT2D eigenvalue weighted by molar-refractivity contribution is 0.192. The Hall–Kier alpha value is -0.0800. The summed E-state index contributed by atoms with van der Waals surface area (Å²) in [6.45, 7) is 5.55. The van der Waals surface area contributed by atoms with E-state index < -0.39 is 0 Å². The van der Waals surface area contributed by atoms with Gasteiger partial charge >= 0.3 is 0 Å². The quantitative estimate of drug-likeness (QED) is 0.657. The highest BCUT2D eigenvalue weighted by atomic mass is 16.5. The maximum atomic E-state index is 5.03. The predicted molar refractivity (Wildman–Crippen MR) is 65.1 cm³/mol. The summed E-state index contributed by atoms with van der Waals surface area (Å²) < 4.78 is 5.03. The molecule has 1 fully saturated rings. The van der Waals surface area contributed by atoms with Crippen LogP contribution < -0.4 is 5.32 Å². The first kappa shape index (κ1) is 13.0. The third-order valence-electron chi connectivity index (χ3n) is 3.60. The topological polar surface area (TPSA) is 21.3 Å². The molecule has 1 rings (SSSR count). The lowest BCUT2D eigenvalue weighted by Crippen LogP contribution is -2.28. The molecule has 0 radical (unpaired) electrons. The van der Waals surface area contributed by atoms with E-state index in [9.17, 15) is 0 Å². The van der Waals surface area contributed by atoms with Crippen molar-refractivity contribution in [3.8, 4) is 0 Å². The molecule has 0 aliphatic heterocycles. The van der Waals surface area contributed by atoms with Crippen molar-refractivity contribution >= 4 is 0 Å². The molecule has 0 saturated heterocycles. The van der Waals surface area contributed by atoms with Gasteiger partial charge in [0.15, 0.2) is 0 Å². The average Bonchev–Trinajstić information content (AvgIpc) is 2.29. The lowest BCUT2D eigenvalue weighted by atomic mass is 9.80. The molecule has 2 atom stereocenters. The molecule has 0 bridgehead atoms. The van der Waals surface area contributed by atoms with Crippen LogP contribution in [0.15, 0.2) is 0 Å².